The van der Waals surface area contributed by atoms with Gasteiger partial charge in [-0.25, -0.2) is 4.79 Å². The van der Waals surface area contributed by atoms with Gasteiger partial charge in [-0.3, -0.25) is 0 Å². The number of hydrogen-bond acceptors (Lipinski definition) is 5. The van der Waals surface area contributed by atoms with E-state index in [9.17, 15) is 4.79 Å². The number of rotatable bonds is 3. The number of carbonyl (C=O) groups excluding carboxylic acids is 1. The van der Waals surface area contributed by atoms with Crippen LogP contribution in [0.25, 0.3) is 0 Å². The zero-order valence-corrected chi connectivity index (χ0v) is 8.87. The Balaban J connectivity index is 3.35. The number of esters is 1. The lowest BCUT2D eigenvalue weighted by Crippen LogP contribution is -2.06. The lowest BCUT2D eigenvalue weighted by atomic mass is 10.1. The van der Waals surface area contributed by atoms with Crippen LogP contribution >= 0.6 is 0 Å². The molecule has 0 unspecified atom stereocenters. The van der Waals surface area contributed by atoms with E-state index in [4.69, 9.17) is 15.2 Å². The van der Waals surface area contributed by atoms with Gasteiger partial charge >= 0.3 is 5.97 Å². The third kappa shape index (κ3) is 1.96. The third-order valence-corrected chi connectivity index (χ3v) is 1.96. The van der Waals surface area contributed by atoms with Crippen molar-refractivity contribution in [2.75, 3.05) is 27.1 Å². The number of anilines is 1. The topological polar surface area (TPSA) is 70.8 Å². The second kappa shape index (κ2) is 4.54. The van der Waals surface area contributed by atoms with Crippen molar-refractivity contribution >= 4 is 11.7 Å². The minimum Gasteiger partial charge on any atom is -0.492 e. The van der Waals surface area contributed by atoms with Gasteiger partial charge in [-0.05, 0) is 12.1 Å². The second-order valence-corrected chi connectivity index (χ2v) is 2.76. The van der Waals surface area contributed by atoms with Crippen LogP contribution in [0.2, 0.25) is 0 Å². The van der Waals surface area contributed by atoms with Crippen molar-refractivity contribution in [2.24, 2.45) is 0 Å². The molecule has 0 heterocycles. The number of nitrogen functional groups attached to an aromatic ring is 1. The molecule has 0 radical (unpaired) electrons. The highest BCUT2D eigenvalue weighted by Gasteiger charge is 2.18. The van der Waals surface area contributed by atoms with Crippen LogP contribution in [0.4, 0.5) is 5.69 Å². The fraction of sp³-hybridized carbons (Fsp3) is 0.300. The van der Waals surface area contributed by atoms with Gasteiger partial charge in [0.15, 0.2) is 11.5 Å². The van der Waals surface area contributed by atoms with Gasteiger partial charge in [-0.15, -0.1) is 0 Å². The molecule has 0 amide bonds. The number of carbonyl (C=O) groups is 1. The predicted molar refractivity (Wildman–Crippen MR) is 55.3 cm³/mol. The van der Waals surface area contributed by atoms with E-state index in [1.165, 1.54) is 27.4 Å². The molecule has 0 aliphatic carbocycles. The third-order valence-electron chi connectivity index (χ3n) is 1.96. The summed E-state index contributed by atoms with van der Waals surface area (Å²) in [5.74, 6) is 0.120. The van der Waals surface area contributed by atoms with E-state index in [1.54, 1.807) is 6.07 Å². The molecule has 0 bridgehead atoms. The summed E-state index contributed by atoms with van der Waals surface area (Å²) in [6, 6.07) is 3.09. The molecule has 15 heavy (non-hydrogen) atoms. The Hall–Kier alpha value is -1.91. The van der Waals surface area contributed by atoms with Crippen molar-refractivity contribution in [3.63, 3.8) is 0 Å². The van der Waals surface area contributed by atoms with Crippen molar-refractivity contribution < 1.29 is 19.0 Å². The van der Waals surface area contributed by atoms with Crippen LogP contribution in [-0.2, 0) is 4.74 Å². The van der Waals surface area contributed by atoms with Crippen LogP contribution in [0, 0.1) is 0 Å². The van der Waals surface area contributed by atoms with Gasteiger partial charge in [0.2, 0.25) is 0 Å². The summed E-state index contributed by atoms with van der Waals surface area (Å²) in [5.41, 5.74) is 6.35. The van der Waals surface area contributed by atoms with Crippen LogP contribution in [0.5, 0.6) is 11.5 Å². The summed E-state index contributed by atoms with van der Waals surface area (Å²) < 4.78 is 14.7. The molecule has 82 valence electrons. The first kappa shape index (κ1) is 11.2. The molecule has 0 spiro atoms. The van der Waals surface area contributed by atoms with E-state index in [2.05, 4.69) is 4.74 Å². The van der Waals surface area contributed by atoms with Crippen LogP contribution < -0.4 is 15.2 Å². The highest BCUT2D eigenvalue weighted by atomic mass is 16.5. The van der Waals surface area contributed by atoms with Crippen LogP contribution in [0.1, 0.15) is 10.4 Å². The maximum Gasteiger partial charge on any atom is 0.341 e. The van der Waals surface area contributed by atoms with Crippen LogP contribution in [0.3, 0.4) is 0 Å². The largest absolute Gasteiger partial charge is 0.492 e. The van der Waals surface area contributed by atoms with Crippen molar-refractivity contribution in [3.05, 3.63) is 17.7 Å². The van der Waals surface area contributed by atoms with Crippen molar-refractivity contribution in [3.8, 4) is 11.5 Å². The molecule has 0 saturated heterocycles. The van der Waals surface area contributed by atoms with Gasteiger partial charge < -0.3 is 19.9 Å². The van der Waals surface area contributed by atoms with Gasteiger partial charge in [-0.2, -0.15) is 0 Å². The lowest BCUT2D eigenvalue weighted by Gasteiger charge is -2.12. The van der Waals surface area contributed by atoms with Crippen molar-refractivity contribution in [1.29, 1.82) is 0 Å². The maximum absolute atomic E-state index is 11.4. The van der Waals surface area contributed by atoms with Gasteiger partial charge in [-0.1, -0.05) is 0 Å². The summed E-state index contributed by atoms with van der Waals surface area (Å²) >= 11 is 0. The average Bonchev–Trinajstić information content (AvgIpc) is 2.27. The van der Waals surface area contributed by atoms with E-state index in [1.807, 2.05) is 0 Å². The minimum atomic E-state index is -0.495. The van der Waals surface area contributed by atoms with Gasteiger partial charge in [0, 0.05) is 0 Å². The Bertz CT molecular complexity index is 376. The van der Waals surface area contributed by atoms with E-state index in [-0.39, 0.29) is 11.3 Å². The highest BCUT2D eigenvalue weighted by Crippen LogP contribution is 2.36. The van der Waals surface area contributed by atoms with Crippen molar-refractivity contribution in [1.82, 2.24) is 0 Å². The summed E-state index contributed by atoms with van der Waals surface area (Å²) in [7, 11) is 4.18. The Kier molecular flexibility index (Phi) is 3.38. The molecule has 1 aromatic rings. The molecule has 5 heteroatoms. The summed E-state index contributed by atoms with van der Waals surface area (Å²) in [6.07, 6.45) is 0. The zero-order chi connectivity index (χ0) is 11.4. The summed E-state index contributed by atoms with van der Waals surface area (Å²) in [5, 5.41) is 0. The van der Waals surface area contributed by atoms with Gasteiger partial charge in [0.1, 0.15) is 5.56 Å². The first-order valence-corrected chi connectivity index (χ1v) is 4.24. The predicted octanol–water partition coefficient (Wildman–Crippen LogP) is 1.07. The Morgan fingerprint density at radius 2 is 1.73 bits per heavy atom. The van der Waals surface area contributed by atoms with E-state index in [0.29, 0.717) is 11.4 Å². The quantitative estimate of drug-likeness (QED) is 0.598. The summed E-state index contributed by atoms with van der Waals surface area (Å²) in [6.45, 7) is 0. The molecule has 0 atom stereocenters. The molecule has 0 saturated carbocycles. The number of hydrogen-bond donors (Lipinski definition) is 1. The molecule has 1 aromatic carbocycles. The van der Waals surface area contributed by atoms with E-state index in [0.717, 1.165) is 0 Å². The minimum absolute atomic E-state index is 0.282. The summed E-state index contributed by atoms with van der Waals surface area (Å²) in [4.78, 5) is 11.4. The molecule has 5 nitrogen and oxygen atoms in total. The zero-order valence-electron chi connectivity index (χ0n) is 8.87. The average molecular weight is 211 g/mol. The Morgan fingerprint density at radius 3 is 2.20 bits per heavy atom. The van der Waals surface area contributed by atoms with Crippen LogP contribution in [-0.4, -0.2) is 27.3 Å². The molecular formula is C10H13NO4. The number of benzene rings is 1. The molecule has 0 aliphatic rings. The Morgan fingerprint density at radius 1 is 1.13 bits per heavy atom. The Labute approximate surface area is 87.7 Å². The molecule has 0 aromatic heterocycles. The molecule has 0 aliphatic heterocycles. The number of nitrogens with two attached hydrogens (primary N) is 1. The van der Waals surface area contributed by atoms with Crippen molar-refractivity contribution in [2.45, 2.75) is 0 Å². The van der Waals surface area contributed by atoms with Gasteiger partial charge in [0.25, 0.3) is 0 Å². The maximum atomic E-state index is 11.4. The monoisotopic (exact) mass is 211 g/mol. The van der Waals surface area contributed by atoms with E-state index < -0.39 is 5.97 Å². The standard InChI is InChI=1S/C10H13NO4/c1-13-8-6(10(12)15-3)4-5-7(11)9(8)14-2/h4-5H,11H2,1-3H3. The first-order chi connectivity index (χ1) is 7.15. The highest BCUT2D eigenvalue weighted by molar-refractivity contribution is 5.94. The first-order valence-electron chi connectivity index (χ1n) is 4.24. The number of methoxy groups -OCH3 is 3. The fourth-order valence-electron chi connectivity index (χ4n) is 1.26. The molecule has 2 N–H and O–H groups in total. The smallest absolute Gasteiger partial charge is 0.341 e. The lowest BCUT2D eigenvalue weighted by molar-refractivity contribution is 0.0596. The second-order valence-electron chi connectivity index (χ2n) is 2.76. The molecule has 1 rings (SSSR count). The van der Waals surface area contributed by atoms with Gasteiger partial charge in [0.05, 0.1) is 27.0 Å². The normalized spacial score (nSPS) is 9.53. The molecular weight excluding hydrogens is 198 g/mol. The number of ether oxygens (including phenoxy) is 3. The van der Waals surface area contributed by atoms with Crippen LogP contribution in [0.15, 0.2) is 12.1 Å². The molecule has 0 fully saturated rings. The fourth-order valence-corrected chi connectivity index (χ4v) is 1.26. The van der Waals surface area contributed by atoms with E-state index >= 15 is 0 Å². The SMILES string of the molecule is COC(=O)c1ccc(N)c(OC)c1OC.